The van der Waals surface area contributed by atoms with Crippen LogP contribution in [0.3, 0.4) is 0 Å². The summed E-state index contributed by atoms with van der Waals surface area (Å²) < 4.78 is 0.122. The molecule has 0 aromatic carbocycles. The van der Waals surface area contributed by atoms with Gasteiger partial charge < -0.3 is 20.1 Å². The van der Waals surface area contributed by atoms with E-state index in [4.69, 9.17) is 70.2 Å². The Bertz CT molecular complexity index is 1080. The van der Waals surface area contributed by atoms with Crippen molar-refractivity contribution in [3.8, 4) is 0 Å². The quantitative estimate of drug-likeness (QED) is 0.308. The lowest BCUT2D eigenvalue weighted by molar-refractivity contribution is -0.123. The van der Waals surface area contributed by atoms with Crippen LogP contribution >= 0.6 is 70.2 Å². The van der Waals surface area contributed by atoms with Gasteiger partial charge in [-0.15, -0.1) is 0 Å². The number of nitrogens with one attached hydrogen (secondary N) is 2. The summed E-state index contributed by atoms with van der Waals surface area (Å²) in [4.78, 5) is 27.3. The van der Waals surface area contributed by atoms with E-state index in [0.717, 1.165) is 12.1 Å². The van der Waals surface area contributed by atoms with Crippen molar-refractivity contribution in [2.45, 2.75) is 42.7 Å². The summed E-state index contributed by atoms with van der Waals surface area (Å²) in [6, 6.07) is 5.37. The highest BCUT2D eigenvalue weighted by molar-refractivity contribution is 7.80. The number of nitrogens with zero attached hydrogens (tertiary/aromatic N) is 2. The highest BCUT2D eigenvalue weighted by Gasteiger charge is 2.61. The number of carbonyl (C=O) groups is 1. The number of piperidine rings is 1. The summed E-state index contributed by atoms with van der Waals surface area (Å²) in [5.41, 5.74) is 0.704. The third-order valence-corrected chi connectivity index (χ3v) is 8.43. The Kier molecular flexibility index (Phi) is 7.47. The first-order valence-electron chi connectivity index (χ1n) is 10.9. The number of allylic oxidation sites excluding steroid dienone is 1. The second-order valence-corrected chi connectivity index (χ2v) is 13.6. The summed E-state index contributed by atoms with van der Waals surface area (Å²) in [6.45, 7) is 5.84. The molecule has 1 saturated carbocycles. The number of hydrogen-bond donors (Lipinski definition) is 2. The molecule has 1 aromatic heterocycles. The average Bonchev–Trinajstić information content (AvgIpc) is 3.26. The largest absolute Gasteiger partial charge is 0.348 e. The van der Waals surface area contributed by atoms with Gasteiger partial charge >= 0.3 is 0 Å². The maximum Gasteiger partial charge on any atom is 0.250 e. The molecule has 2 aliphatic heterocycles. The molecule has 12 heteroatoms. The molecular formula is C22H25Cl5N4O2S. The molecule has 1 saturated heterocycles. The monoisotopic (exact) mass is 584 g/mol. The van der Waals surface area contributed by atoms with Crippen LogP contribution in [-0.4, -0.2) is 43.5 Å². The van der Waals surface area contributed by atoms with Crippen molar-refractivity contribution in [1.29, 1.82) is 0 Å². The number of hydrogen-bond acceptors (Lipinski definition) is 3. The van der Waals surface area contributed by atoms with Crippen LogP contribution in [0.5, 0.6) is 0 Å². The van der Waals surface area contributed by atoms with Gasteiger partial charge in [-0.2, -0.15) is 0 Å². The Hall–Kier alpha value is -0.700. The van der Waals surface area contributed by atoms with Crippen molar-refractivity contribution < 1.29 is 4.79 Å². The SMILES string of the molecule is CC1(C)[C@@H](C=C(Cl)Cl)[C@@H]1C(=O)N[C@@H](NC(=S)N1C[C@H]2C[C@H](C1)c1cccc(=O)n1C2)C(Cl)(Cl)Cl. The second-order valence-electron chi connectivity index (χ2n) is 9.82. The van der Waals surface area contributed by atoms with Gasteiger partial charge in [-0.3, -0.25) is 9.59 Å². The topological polar surface area (TPSA) is 66.4 Å². The van der Waals surface area contributed by atoms with E-state index in [1.165, 1.54) is 0 Å². The number of halogens is 5. The molecule has 186 valence electrons. The lowest BCUT2D eigenvalue weighted by Crippen LogP contribution is -2.60. The smallest absolute Gasteiger partial charge is 0.250 e. The van der Waals surface area contributed by atoms with Gasteiger partial charge in [0.05, 0.1) is 5.92 Å². The van der Waals surface area contributed by atoms with Gasteiger partial charge in [0.2, 0.25) is 9.70 Å². The molecule has 1 aliphatic carbocycles. The maximum absolute atomic E-state index is 13.0. The number of rotatable bonds is 4. The molecule has 2 N–H and O–H groups in total. The minimum absolute atomic E-state index is 0.0203. The molecule has 1 amide bonds. The van der Waals surface area contributed by atoms with Crippen LogP contribution < -0.4 is 16.2 Å². The molecular weight excluding hydrogens is 562 g/mol. The third-order valence-electron chi connectivity index (χ3n) is 7.15. The molecule has 2 bridgehead atoms. The standard InChI is InChI=1S/C22H25Cl5N4O2S/c1-21(2)13(7-15(23)24)17(21)18(33)28-19(22(25,26)27)29-20(34)30-8-11-6-12(10-30)14-4-3-5-16(32)31(14)9-11/h3-5,7,11-13,17,19H,6,8-10H2,1-2H3,(H,28,33)(H,29,34)/t11-,12-,13+,17-,19+/m1/s1. The van der Waals surface area contributed by atoms with Crippen LogP contribution in [-0.2, 0) is 11.3 Å². The van der Waals surface area contributed by atoms with Crippen LogP contribution in [0.25, 0.3) is 0 Å². The summed E-state index contributed by atoms with van der Waals surface area (Å²) in [6.07, 6.45) is 1.61. The molecule has 3 aliphatic rings. The Labute approximate surface area is 228 Å². The molecule has 3 heterocycles. The number of likely N-dealkylation sites (tertiary alicyclic amines) is 1. The summed E-state index contributed by atoms with van der Waals surface area (Å²) >= 11 is 35.9. The highest BCUT2D eigenvalue weighted by atomic mass is 35.6. The van der Waals surface area contributed by atoms with Crippen molar-refractivity contribution >= 4 is 81.2 Å². The van der Waals surface area contributed by atoms with Gasteiger partial charge in [-0.25, -0.2) is 0 Å². The average molecular weight is 587 g/mol. The highest BCUT2D eigenvalue weighted by Crippen LogP contribution is 2.59. The summed E-state index contributed by atoms with van der Waals surface area (Å²) in [7, 11) is 0. The van der Waals surface area contributed by atoms with Gasteiger partial charge in [0.25, 0.3) is 5.56 Å². The van der Waals surface area contributed by atoms with E-state index in [9.17, 15) is 9.59 Å². The zero-order valence-corrected chi connectivity index (χ0v) is 23.1. The first-order valence-corrected chi connectivity index (χ1v) is 13.2. The van der Waals surface area contributed by atoms with E-state index in [1.807, 2.05) is 29.4 Å². The van der Waals surface area contributed by atoms with E-state index in [-0.39, 0.29) is 45.0 Å². The zero-order valence-electron chi connectivity index (χ0n) is 18.5. The fraction of sp³-hybridized carbons (Fsp3) is 0.591. The van der Waals surface area contributed by atoms with Gasteiger partial charge in [0.15, 0.2) is 5.11 Å². The number of thiocarbonyl (C=S) groups is 1. The van der Waals surface area contributed by atoms with Gasteiger partial charge in [-0.1, -0.05) is 77.9 Å². The number of aromatic nitrogens is 1. The van der Waals surface area contributed by atoms with Gasteiger partial charge in [0.1, 0.15) is 10.7 Å². The molecule has 0 spiro atoms. The molecule has 4 rings (SSSR count). The van der Waals surface area contributed by atoms with E-state index >= 15 is 0 Å². The van der Waals surface area contributed by atoms with E-state index in [2.05, 4.69) is 10.6 Å². The van der Waals surface area contributed by atoms with Crippen LogP contribution in [0.15, 0.2) is 33.6 Å². The fourth-order valence-electron chi connectivity index (χ4n) is 5.33. The molecule has 5 atom stereocenters. The number of pyridine rings is 1. The van der Waals surface area contributed by atoms with Gasteiger partial charge in [-0.05, 0) is 48.0 Å². The Morgan fingerprint density at radius 1 is 1.21 bits per heavy atom. The van der Waals surface area contributed by atoms with Crippen LogP contribution in [0, 0.1) is 23.2 Å². The van der Waals surface area contributed by atoms with Crippen molar-refractivity contribution in [2.24, 2.45) is 23.2 Å². The van der Waals surface area contributed by atoms with Crippen LogP contribution in [0.2, 0.25) is 0 Å². The third kappa shape index (κ3) is 5.35. The lowest BCUT2D eigenvalue weighted by Gasteiger charge is -2.44. The number of amides is 1. The van der Waals surface area contributed by atoms with Crippen molar-refractivity contribution in [3.05, 3.63) is 44.8 Å². The lowest BCUT2D eigenvalue weighted by atomic mass is 9.83. The Morgan fingerprint density at radius 3 is 2.56 bits per heavy atom. The van der Waals surface area contributed by atoms with Crippen LogP contribution in [0.1, 0.15) is 31.9 Å². The van der Waals surface area contributed by atoms with E-state index in [0.29, 0.717) is 24.7 Å². The van der Waals surface area contributed by atoms with E-state index < -0.39 is 9.96 Å². The first kappa shape index (κ1) is 26.4. The molecule has 6 nitrogen and oxygen atoms in total. The summed E-state index contributed by atoms with van der Waals surface area (Å²) in [5, 5.41) is 6.22. The second kappa shape index (κ2) is 9.64. The molecule has 1 aromatic rings. The molecule has 34 heavy (non-hydrogen) atoms. The maximum atomic E-state index is 13.0. The molecule has 2 fully saturated rings. The molecule has 0 unspecified atom stereocenters. The predicted octanol–water partition coefficient (Wildman–Crippen LogP) is 4.55. The number of fused-ring (bicyclic) bond motifs is 4. The fourth-order valence-corrected chi connectivity index (χ4v) is 6.20. The van der Waals surface area contributed by atoms with Gasteiger partial charge in [0, 0.05) is 37.3 Å². The van der Waals surface area contributed by atoms with Crippen molar-refractivity contribution in [3.63, 3.8) is 0 Å². The van der Waals surface area contributed by atoms with E-state index in [1.54, 1.807) is 18.2 Å². The number of alkyl halides is 3. The van der Waals surface area contributed by atoms with Crippen molar-refractivity contribution in [2.75, 3.05) is 13.1 Å². The van der Waals surface area contributed by atoms with Crippen LogP contribution in [0.4, 0.5) is 0 Å². The minimum Gasteiger partial charge on any atom is -0.348 e. The number of carbonyl (C=O) groups excluding carboxylic acids is 1. The minimum atomic E-state index is -1.85. The zero-order chi connectivity index (χ0) is 25.0. The van der Waals surface area contributed by atoms with Crippen molar-refractivity contribution in [1.82, 2.24) is 20.1 Å². The summed E-state index contributed by atoms with van der Waals surface area (Å²) in [5.74, 6) is -0.329. The molecule has 0 radical (unpaired) electrons. The normalized spacial score (nSPS) is 27.8. The predicted molar refractivity (Wildman–Crippen MR) is 142 cm³/mol. The Morgan fingerprint density at radius 2 is 1.91 bits per heavy atom. The Balaban J connectivity index is 1.45. The first-order chi connectivity index (χ1) is 15.8.